The van der Waals surface area contributed by atoms with E-state index >= 15 is 0 Å². The molecule has 1 unspecified atom stereocenters. The number of halogens is 2. The molecule has 1 heterocycles. The summed E-state index contributed by atoms with van der Waals surface area (Å²) in [7, 11) is 0. The Morgan fingerprint density at radius 3 is 2.94 bits per heavy atom. The minimum Gasteiger partial charge on any atom is -0.351 e. The van der Waals surface area contributed by atoms with Crippen LogP contribution < -0.4 is 10.6 Å². The van der Waals surface area contributed by atoms with Gasteiger partial charge in [-0.05, 0) is 37.1 Å². The highest BCUT2D eigenvalue weighted by Gasteiger charge is 2.19. The number of hydrogen-bond acceptors (Lipinski definition) is 2. The van der Waals surface area contributed by atoms with Gasteiger partial charge < -0.3 is 10.6 Å². The summed E-state index contributed by atoms with van der Waals surface area (Å²) in [5.74, 6) is -0.262. The van der Waals surface area contributed by atoms with E-state index in [1.807, 2.05) is 0 Å². The Morgan fingerprint density at radius 1 is 1.44 bits per heavy atom. The lowest BCUT2D eigenvalue weighted by Gasteiger charge is -2.22. The molecule has 2 N–H and O–H groups in total. The SMILES string of the molecule is Cl.O=C(NCc1cccc(F)c1)C1CCCCN1. The van der Waals surface area contributed by atoms with Crippen LogP contribution in [0.3, 0.4) is 0 Å². The second kappa shape index (κ2) is 7.34. The summed E-state index contributed by atoms with van der Waals surface area (Å²) < 4.78 is 12.9. The zero-order chi connectivity index (χ0) is 12.1. The van der Waals surface area contributed by atoms with Crippen molar-refractivity contribution in [2.75, 3.05) is 6.54 Å². The summed E-state index contributed by atoms with van der Waals surface area (Å²) in [6.07, 6.45) is 3.10. The van der Waals surface area contributed by atoms with Crippen molar-refractivity contribution in [3.05, 3.63) is 35.6 Å². The van der Waals surface area contributed by atoms with Crippen LogP contribution in [0.1, 0.15) is 24.8 Å². The number of carbonyl (C=O) groups is 1. The molecule has 5 heteroatoms. The Balaban J connectivity index is 0.00000162. The molecule has 1 aromatic rings. The monoisotopic (exact) mass is 272 g/mol. The van der Waals surface area contributed by atoms with E-state index in [1.54, 1.807) is 12.1 Å². The fraction of sp³-hybridized carbons (Fsp3) is 0.462. The van der Waals surface area contributed by atoms with Crippen LogP contribution in [0.2, 0.25) is 0 Å². The van der Waals surface area contributed by atoms with Gasteiger partial charge in [0.05, 0.1) is 6.04 Å². The van der Waals surface area contributed by atoms with Gasteiger partial charge in [0.15, 0.2) is 0 Å². The molecule has 18 heavy (non-hydrogen) atoms. The lowest BCUT2D eigenvalue weighted by Crippen LogP contribution is -2.46. The third-order valence-electron chi connectivity index (χ3n) is 2.98. The maximum atomic E-state index is 12.9. The number of benzene rings is 1. The third kappa shape index (κ3) is 4.27. The number of amides is 1. The van der Waals surface area contributed by atoms with Crippen LogP contribution in [0.5, 0.6) is 0 Å². The van der Waals surface area contributed by atoms with Gasteiger partial charge in [0.1, 0.15) is 5.82 Å². The van der Waals surface area contributed by atoms with Crippen LogP contribution in [0.4, 0.5) is 4.39 Å². The highest BCUT2D eigenvalue weighted by molar-refractivity contribution is 5.85. The zero-order valence-electron chi connectivity index (χ0n) is 10.1. The van der Waals surface area contributed by atoms with E-state index < -0.39 is 0 Å². The Labute approximate surface area is 113 Å². The van der Waals surface area contributed by atoms with Crippen molar-refractivity contribution in [2.45, 2.75) is 31.8 Å². The molecular weight excluding hydrogens is 255 g/mol. The van der Waals surface area contributed by atoms with Crippen molar-refractivity contribution in [3.8, 4) is 0 Å². The molecule has 0 radical (unpaired) electrons. The van der Waals surface area contributed by atoms with Crippen LogP contribution >= 0.6 is 12.4 Å². The van der Waals surface area contributed by atoms with E-state index in [0.717, 1.165) is 31.4 Å². The first kappa shape index (κ1) is 14.9. The normalized spacial score (nSPS) is 18.8. The van der Waals surface area contributed by atoms with Crippen molar-refractivity contribution in [3.63, 3.8) is 0 Å². The van der Waals surface area contributed by atoms with Gasteiger partial charge in [0.2, 0.25) is 5.91 Å². The third-order valence-corrected chi connectivity index (χ3v) is 2.98. The maximum absolute atomic E-state index is 12.9. The van der Waals surface area contributed by atoms with E-state index in [9.17, 15) is 9.18 Å². The zero-order valence-corrected chi connectivity index (χ0v) is 10.9. The summed E-state index contributed by atoms with van der Waals surface area (Å²) in [6.45, 7) is 1.28. The van der Waals surface area contributed by atoms with Gasteiger partial charge in [0, 0.05) is 6.54 Å². The Kier molecular flexibility index (Phi) is 6.09. The number of rotatable bonds is 3. The topological polar surface area (TPSA) is 41.1 Å². The van der Waals surface area contributed by atoms with Crippen LogP contribution in [-0.2, 0) is 11.3 Å². The number of nitrogens with one attached hydrogen (secondary N) is 2. The molecular formula is C13H18ClFN2O. The van der Waals surface area contributed by atoms with E-state index in [0.29, 0.717) is 6.54 Å². The first-order chi connectivity index (χ1) is 8.25. The molecule has 0 bridgehead atoms. The minimum atomic E-state index is -0.271. The second-order valence-corrected chi connectivity index (χ2v) is 4.35. The highest BCUT2D eigenvalue weighted by atomic mass is 35.5. The van der Waals surface area contributed by atoms with Crippen LogP contribution in [0, 0.1) is 5.82 Å². The van der Waals surface area contributed by atoms with Gasteiger partial charge in [-0.1, -0.05) is 18.6 Å². The van der Waals surface area contributed by atoms with Crippen molar-refractivity contribution in [1.82, 2.24) is 10.6 Å². The maximum Gasteiger partial charge on any atom is 0.237 e. The predicted molar refractivity (Wildman–Crippen MR) is 71.1 cm³/mol. The quantitative estimate of drug-likeness (QED) is 0.884. The molecule has 1 aliphatic heterocycles. The Bertz CT molecular complexity index is 394. The van der Waals surface area contributed by atoms with E-state index in [1.165, 1.54) is 12.1 Å². The second-order valence-electron chi connectivity index (χ2n) is 4.35. The summed E-state index contributed by atoms with van der Waals surface area (Å²) in [5, 5.41) is 6.01. The van der Waals surface area contributed by atoms with Gasteiger partial charge in [-0.15, -0.1) is 12.4 Å². The largest absolute Gasteiger partial charge is 0.351 e. The Morgan fingerprint density at radius 2 is 2.28 bits per heavy atom. The van der Waals surface area contributed by atoms with E-state index in [4.69, 9.17) is 0 Å². The molecule has 1 aliphatic rings. The lowest BCUT2D eigenvalue weighted by molar-refractivity contribution is -0.123. The van der Waals surface area contributed by atoms with Crippen LogP contribution in [-0.4, -0.2) is 18.5 Å². The van der Waals surface area contributed by atoms with Gasteiger partial charge in [0.25, 0.3) is 0 Å². The first-order valence-corrected chi connectivity index (χ1v) is 6.01. The molecule has 1 atom stereocenters. The van der Waals surface area contributed by atoms with Crippen LogP contribution in [0.25, 0.3) is 0 Å². The van der Waals surface area contributed by atoms with Gasteiger partial charge in [-0.25, -0.2) is 4.39 Å². The summed E-state index contributed by atoms with van der Waals surface area (Å²) in [4.78, 5) is 11.8. The van der Waals surface area contributed by atoms with E-state index in [2.05, 4.69) is 10.6 Å². The summed E-state index contributed by atoms with van der Waals surface area (Å²) in [5.41, 5.74) is 0.786. The average molecular weight is 273 g/mol. The molecule has 0 spiro atoms. The molecule has 0 aliphatic carbocycles. The fourth-order valence-electron chi connectivity index (χ4n) is 2.03. The minimum absolute atomic E-state index is 0. The lowest BCUT2D eigenvalue weighted by atomic mass is 10.0. The van der Waals surface area contributed by atoms with Crippen LogP contribution in [0.15, 0.2) is 24.3 Å². The number of piperidine rings is 1. The van der Waals surface area contributed by atoms with Gasteiger partial charge in [-0.2, -0.15) is 0 Å². The molecule has 1 amide bonds. The van der Waals surface area contributed by atoms with Crippen molar-refractivity contribution < 1.29 is 9.18 Å². The number of carbonyl (C=O) groups excluding carboxylic acids is 1. The fourth-order valence-corrected chi connectivity index (χ4v) is 2.03. The molecule has 1 saturated heterocycles. The molecule has 0 saturated carbocycles. The van der Waals surface area contributed by atoms with Gasteiger partial charge >= 0.3 is 0 Å². The van der Waals surface area contributed by atoms with Crippen molar-refractivity contribution in [1.29, 1.82) is 0 Å². The first-order valence-electron chi connectivity index (χ1n) is 6.01. The summed E-state index contributed by atoms with van der Waals surface area (Å²) in [6, 6.07) is 6.20. The Hall–Kier alpha value is -1.13. The van der Waals surface area contributed by atoms with Crippen molar-refractivity contribution >= 4 is 18.3 Å². The highest BCUT2D eigenvalue weighted by Crippen LogP contribution is 2.07. The number of hydrogen-bond donors (Lipinski definition) is 2. The van der Waals surface area contributed by atoms with Crippen molar-refractivity contribution in [2.24, 2.45) is 0 Å². The van der Waals surface area contributed by atoms with E-state index in [-0.39, 0.29) is 30.2 Å². The smallest absolute Gasteiger partial charge is 0.237 e. The molecule has 1 aromatic carbocycles. The predicted octanol–water partition coefficient (Wildman–Crippen LogP) is 2.01. The average Bonchev–Trinajstić information content (AvgIpc) is 2.37. The molecule has 1 fully saturated rings. The standard InChI is InChI=1S/C13H17FN2O.ClH/c14-11-5-3-4-10(8-11)9-16-13(17)12-6-1-2-7-15-12;/h3-5,8,12,15H,1-2,6-7,9H2,(H,16,17);1H. The van der Waals surface area contributed by atoms with Gasteiger partial charge in [-0.3, -0.25) is 4.79 Å². The molecule has 100 valence electrons. The molecule has 3 nitrogen and oxygen atoms in total. The molecule has 0 aromatic heterocycles. The summed E-state index contributed by atoms with van der Waals surface area (Å²) >= 11 is 0. The molecule has 2 rings (SSSR count).